The molecule has 0 saturated carbocycles. The van der Waals surface area contributed by atoms with Crippen LogP contribution in [0.3, 0.4) is 0 Å². The lowest BCUT2D eigenvalue weighted by atomic mass is 10.2. The smallest absolute Gasteiger partial charge is 0.0894 e. The zero-order valence-corrected chi connectivity index (χ0v) is 12.5. The van der Waals surface area contributed by atoms with E-state index in [0.717, 1.165) is 16.9 Å². The van der Waals surface area contributed by atoms with Crippen LogP contribution in [0.5, 0.6) is 0 Å². The van der Waals surface area contributed by atoms with Crippen LogP contribution in [0.2, 0.25) is 10.0 Å². The van der Waals surface area contributed by atoms with Crippen LogP contribution in [0.4, 0.5) is 5.69 Å². The molecule has 3 rings (SSSR count). The van der Waals surface area contributed by atoms with Gasteiger partial charge in [-0.3, -0.25) is 0 Å². The summed E-state index contributed by atoms with van der Waals surface area (Å²) >= 11 is 12.2. The van der Waals surface area contributed by atoms with Crippen molar-refractivity contribution in [1.29, 1.82) is 0 Å². The first-order chi connectivity index (χ1) is 10.2. The van der Waals surface area contributed by atoms with Gasteiger partial charge in [-0.1, -0.05) is 40.5 Å². The molecule has 21 heavy (non-hydrogen) atoms. The van der Waals surface area contributed by atoms with E-state index in [0.29, 0.717) is 16.6 Å². The lowest BCUT2D eigenvalue weighted by Crippen LogP contribution is -2.05. The molecule has 4 nitrogen and oxygen atoms in total. The molecule has 0 saturated heterocycles. The Kier molecular flexibility index (Phi) is 4.08. The molecule has 0 bridgehead atoms. The Morgan fingerprint density at radius 1 is 1.10 bits per heavy atom. The Bertz CT molecular complexity index is 741. The second-order valence-corrected chi connectivity index (χ2v) is 5.30. The van der Waals surface area contributed by atoms with Gasteiger partial charge in [0.25, 0.3) is 0 Å². The standard InChI is InChI=1S/C15H12Cl2N4/c16-12-5-6-13(17)11(9-12)10-18-14-3-1-2-4-15(14)21-8-7-19-20-21/h1-9,18H,10H2. The molecule has 106 valence electrons. The third-order valence-electron chi connectivity index (χ3n) is 3.05. The zero-order valence-electron chi connectivity index (χ0n) is 11.0. The summed E-state index contributed by atoms with van der Waals surface area (Å²) < 4.78 is 1.71. The van der Waals surface area contributed by atoms with E-state index in [9.17, 15) is 0 Å². The number of rotatable bonds is 4. The van der Waals surface area contributed by atoms with Crippen LogP contribution in [0.1, 0.15) is 5.56 Å². The van der Waals surface area contributed by atoms with Gasteiger partial charge in [0.15, 0.2) is 0 Å². The average Bonchev–Trinajstić information content (AvgIpc) is 3.03. The Hall–Kier alpha value is -2.04. The van der Waals surface area contributed by atoms with Crippen molar-refractivity contribution in [3.8, 4) is 5.69 Å². The van der Waals surface area contributed by atoms with Gasteiger partial charge in [-0.05, 0) is 35.9 Å². The number of anilines is 1. The largest absolute Gasteiger partial charge is 0.379 e. The number of para-hydroxylation sites is 2. The first kappa shape index (κ1) is 13.9. The molecule has 0 spiro atoms. The molecule has 0 aliphatic heterocycles. The Balaban J connectivity index is 1.84. The van der Waals surface area contributed by atoms with Crippen molar-refractivity contribution in [3.63, 3.8) is 0 Å². The van der Waals surface area contributed by atoms with Gasteiger partial charge in [-0.25, -0.2) is 4.68 Å². The fourth-order valence-electron chi connectivity index (χ4n) is 2.03. The van der Waals surface area contributed by atoms with E-state index in [1.807, 2.05) is 30.3 Å². The minimum absolute atomic E-state index is 0.575. The molecule has 0 aliphatic rings. The molecule has 3 aromatic rings. The number of hydrogen-bond donors (Lipinski definition) is 1. The summed E-state index contributed by atoms with van der Waals surface area (Å²) in [5.41, 5.74) is 2.81. The molecule has 0 atom stereocenters. The fraction of sp³-hybridized carbons (Fsp3) is 0.0667. The third kappa shape index (κ3) is 3.17. The van der Waals surface area contributed by atoms with Gasteiger partial charge in [0, 0.05) is 16.6 Å². The summed E-state index contributed by atoms with van der Waals surface area (Å²) in [5.74, 6) is 0. The van der Waals surface area contributed by atoms with Crippen LogP contribution in [0.25, 0.3) is 5.69 Å². The Labute approximate surface area is 132 Å². The van der Waals surface area contributed by atoms with E-state index < -0.39 is 0 Å². The summed E-state index contributed by atoms with van der Waals surface area (Å²) in [7, 11) is 0. The quantitative estimate of drug-likeness (QED) is 0.784. The molecule has 0 aliphatic carbocycles. The van der Waals surface area contributed by atoms with E-state index in [2.05, 4.69) is 15.6 Å². The van der Waals surface area contributed by atoms with Gasteiger partial charge in [0.1, 0.15) is 0 Å². The molecular formula is C15H12Cl2N4. The number of nitrogens with one attached hydrogen (secondary N) is 1. The molecule has 0 amide bonds. The molecule has 1 N–H and O–H groups in total. The minimum atomic E-state index is 0.575. The Morgan fingerprint density at radius 2 is 1.95 bits per heavy atom. The third-order valence-corrected chi connectivity index (χ3v) is 3.65. The number of hydrogen-bond acceptors (Lipinski definition) is 3. The summed E-state index contributed by atoms with van der Waals surface area (Å²) in [5, 5.41) is 12.6. The van der Waals surface area contributed by atoms with Crippen LogP contribution in [-0.2, 0) is 6.54 Å². The van der Waals surface area contributed by atoms with Crippen molar-refractivity contribution in [1.82, 2.24) is 15.0 Å². The van der Waals surface area contributed by atoms with Crippen molar-refractivity contribution in [2.75, 3.05) is 5.32 Å². The van der Waals surface area contributed by atoms with Gasteiger partial charge in [0.2, 0.25) is 0 Å². The number of aromatic nitrogens is 3. The monoisotopic (exact) mass is 318 g/mol. The summed E-state index contributed by atoms with van der Waals surface area (Å²) in [6.45, 7) is 0.575. The first-order valence-electron chi connectivity index (χ1n) is 6.37. The highest BCUT2D eigenvalue weighted by molar-refractivity contribution is 6.33. The normalized spacial score (nSPS) is 10.6. The lowest BCUT2D eigenvalue weighted by Gasteiger charge is -2.12. The predicted molar refractivity (Wildman–Crippen MR) is 85.1 cm³/mol. The van der Waals surface area contributed by atoms with E-state index in [1.165, 1.54) is 0 Å². The van der Waals surface area contributed by atoms with E-state index in [-0.39, 0.29) is 0 Å². The molecule has 0 unspecified atom stereocenters. The number of halogens is 2. The zero-order chi connectivity index (χ0) is 14.7. The molecule has 0 fully saturated rings. The van der Waals surface area contributed by atoms with Crippen molar-refractivity contribution >= 4 is 28.9 Å². The van der Waals surface area contributed by atoms with Crippen LogP contribution in [0.15, 0.2) is 54.9 Å². The molecule has 2 aromatic carbocycles. The predicted octanol–water partition coefficient (Wildman–Crippen LogP) is 4.19. The fourth-order valence-corrected chi connectivity index (χ4v) is 2.41. The van der Waals surface area contributed by atoms with Crippen LogP contribution >= 0.6 is 23.2 Å². The summed E-state index contributed by atoms with van der Waals surface area (Å²) in [6, 6.07) is 13.3. The van der Waals surface area contributed by atoms with Gasteiger partial charge in [0.05, 0.1) is 23.8 Å². The van der Waals surface area contributed by atoms with Gasteiger partial charge in [-0.2, -0.15) is 0 Å². The lowest BCUT2D eigenvalue weighted by molar-refractivity contribution is 0.803. The molecule has 1 aromatic heterocycles. The van der Waals surface area contributed by atoms with Crippen molar-refractivity contribution < 1.29 is 0 Å². The summed E-state index contributed by atoms with van der Waals surface area (Å²) in [6.07, 6.45) is 3.44. The van der Waals surface area contributed by atoms with E-state index in [4.69, 9.17) is 23.2 Å². The van der Waals surface area contributed by atoms with Gasteiger partial charge < -0.3 is 5.32 Å². The maximum Gasteiger partial charge on any atom is 0.0894 e. The minimum Gasteiger partial charge on any atom is -0.379 e. The maximum absolute atomic E-state index is 6.18. The van der Waals surface area contributed by atoms with Crippen molar-refractivity contribution in [2.45, 2.75) is 6.54 Å². The Morgan fingerprint density at radius 3 is 2.76 bits per heavy atom. The molecule has 6 heteroatoms. The van der Waals surface area contributed by atoms with Gasteiger partial charge >= 0.3 is 0 Å². The highest BCUT2D eigenvalue weighted by atomic mass is 35.5. The second kappa shape index (κ2) is 6.16. The number of benzene rings is 2. The molecule has 0 radical (unpaired) electrons. The maximum atomic E-state index is 6.18. The first-order valence-corrected chi connectivity index (χ1v) is 7.13. The van der Waals surface area contributed by atoms with Crippen LogP contribution in [-0.4, -0.2) is 15.0 Å². The van der Waals surface area contributed by atoms with Crippen molar-refractivity contribution in [3.05, 3.63) is 70.5 Å². The second-order valence-electron chi connectivity index (χ2n) is 4.45. The highest BCUT2D eigenvalue weighted by Gasteiger charge is 2.06. The highest BCUT2D eigenvalue weighted by Crippen LogP contribution is 2.24. The van der Waals surface area contributed by atoms with Gasteiger partial charge in [-0.15, -0.1) is 5.10 Å². The van der Waals surface area contributed by atoms with Crippen LogP contribution < -0.4 is 5.32 Å². The van der Waals surface area contributed by atoms with Crippen LogP contribution in [0, 0.1) is 0 Å². The average molecular weight is 319 g/mol. The number of nitrogens with zero attached hydrogens (tertiary/aromatic N) is 3. The molecule has 1 heterocycles. The molecular weight excluding hydrogens is 307 g/mol. The van der Waals surface area contributed by atoms with E-state index in [1.54, 1.807) is 29.2 Å². The van der Waals surface area contributed by atoms with E-state index >= 15 is 0 Å². The SMILES string of the molecule is Clc1ccc(Cl)c(CNc2ccccc2-n2ccnn2)c1. The van der Waals surface area contributed by atoms with Crippen molar-refractivity contribution in [2.24, 2.45) is 0 Å². The topological polar surface area (TPSA) is 42.7 Å². The summed E-state index contributed by atoms with van der Waals surface area (Å²) in [4.78, 5) is 0.